The molecule has 0 radical (unpaired) electrons. The van der Waals surface area contributed by atoms with Crippen molar-refractivity contribution in [3.05, 3.63) is 30.0 Å². The minimum atomic E-state index is 0.929. The van der Waals surface area contributed by atoms with Crippen LogP contribution in [0.2, 0.25) is 0 Å². The van der Waals surface area contributed by atoms with Crippen molar-refractivity contribution >= 4 is 22.8 Å². The van der Waals surface area contributed by atoms with Gasteiger partial charge in [0.2, 0.25) is 0 Å². The highest BCUT2D eigenvalue weighted by atomic mass is 15.1. The lowest BCUT2D eigenvalue weighted by Gasteiger charge is -2.28. The largest absolute Gasteiger partial charge is 0.372 e. The maximum Gasteiger partial charge on any atom is 0.0486 e. The molecule has 118 valence electrons. The van der Waals surface area contributed by atoms with Crippen LogP contribution in [0.3, 0.4) is 0 Å². The lowest BCUT2D eigenvalue weighted by molar-refractivity contribution is 0.578. The number of piperidine rings is 1. The molecule has 1 aliphatic rings. The van der Waals surface area contributed by atoms with E-state index in [0.717, 1.165) is 6.54 Å². The smallest absolute Gasteiger partial charge is 0.0486 e. The molecule has 1 aromatic heterocycles. The van der Waals surface area contributed by atoms with Crippen LogP contribution in [-0.4, -0.2) is 30.4 Å². The molecular weight excluding hydrogens is 270 g/mol. The molecule has 0 amide bonds. The second-order valence-electron chi connectivity index (χ2n) is 6.33. The first kappa shape index (κ1) is 15.1. The molecule has 2 heterocycles. The zero-order valence-electron chi connectivity index (χ0n) is 13.9. The third kappa shape index (κ3) is 3.18. The normalized spacial score (nSPS) is 16.0. The molecule has 0 N–H and O–H groups in total. The summed E-state index contributed by atoms with van der Waals surface area (Å²) in [6, 6.07) is 6.87. The Kier molecular flexibility index (Phi) is 4.81. The van der Waals surface area contributed by atoms with E-state index in [4.69, 9.17) is 0 Å². The van der Waals surface area contributed by atoms with E-state index in [1.807, 2.05) is 0 Å². The predicted octanol–water partition coefficient (Wildman–Crippen LogP) is 4.39. The number of hydrogen-bond acceptors (Lipinski definition) is 2. The van der Waals surface area contributed by atoms with E-state index in [1.165, 1.54) is 67.3 Å². The number of hydrogen-bond donors (Lipinski definition) is 0. The Balaban J connectivity index is 1.89. The molecule has 22 heavy (non-hydrogen) atoms. The van der Waals surface area contributed by atoms with Crippen molar-refractivity contribution < 1.29 is 0 Å². The fourth-order valence-corrected chi connectivity index (χ4v) is 3.27. The summed E-state index contributed by atoms with van der Waals surface area (Å²) in [5.74, 6) is 0. The number of aryl methyl sites for hydroxylation is 1. The maximum absolute atomic E-state index is 4.59. The highest BCUT2D eigenvalue weighted by Gasteiger charge is 2.13. The zero-order valence-corrected chi connectivity index (χ0v) is 13.9. The summed E-state index contributed by atoms with van der Waals surface area (Å²) in [6.45, 7) is 5.52. The average Bonchev–Trinajstić information content (AvgIpc) is 2.88. The van der Waals surface area contributed by atoms with Gasteiger partial charge in [0.05, 0.1) is 0 Å². The highest BCUT2D eigenvalue weighted by Crippen LogP contribution is 2.27. The standard InChI is InChI=1S/C19H27N3/c1-3-4-10-20-14-16-15-21(2)19-9-8-17(13-18(16)19)22-11-6-5-7-12-22/h8-9,13-15H,3-7,10-12H2,1-2H3. The molecule has 3 rings (SSSR count). The van der Waals surface area contributed by atoms with E-state index in [2.05, 4.69) is 59.0 Å². The lowest BCUT2D eigenvalue weighted by atomic mass is 10.1. The van der Waals surface area contributed by atoms with Gasteiger partial charge in [-0.2, -0.15) is 0 Å². The summed E-state index contributed by atoms with van der Waals surface area (Å²) in [7, 11) is 2.12. The molecule has 3 nitrogen and oxygen atoms in total. The first-order chi connectivity index (χ1) is 10.8. The Morgan fingerprint density at radius 1 is 1.18 bits per heavy atom. The van der Waals surface area contributed by atoms with Gasteiger partial charge < -0.3 is 9.47 Å². The van der Waals surface area contributed by atoms with Crippen LogP contribution in [-0.2, 0) is 7.05 Å². The molecular formula is C19H27N3. The van der Waals surface area contributed by atoms with Crippen molar-refractivity contribution in [3.63, 3.8) is 0 Å². The van der Waals surface area contributed by atoms with Crippen LogP contribution in [0, 0.1) is 0 Å². The van der Waals surface area contributed by atoms with Crippen molar-refractivity contribution in [2.75, 3.05) is 24.5 Å². The topological polar surface area (TPSA) is 20.5 Å². The van der Waals surface area contributed by atoms with E-state index in [9.17, 15) is 0 Å². The zero-order chi connectivity index (χ0) is 15.4. The molecule has 1 fully saturated rings. The average molecular weight is 297 g/mol. The summed E-state index contributed by atoms with van der Waals surface area (Å²) >= 11 is 0. The highest BCUT2D eigenvalue weighted by molar-refractivity contribution is 6.00. The Morgan fingerprint density at radius 2 is 2.00 bits per heavy atom. The monoisotopic (exact) mass is 297 g/mol. The minimum Gasteiger partial charge on any atom is -0.372 e. The van der Waals surface area contributed by atoms with Crippen molar-refractivity contribution in [2.45, 2.75) is 39.0 Å². The van der Waals surface area contributed by atoms with Gasteiger partial charge in [-0.25, -0.2) is 0 Å². The number of rotatable bonds is 5. The van der Waals surface area contributed by atoms with Crippen molar-refractivity contribution in [3.8, 4) is 0 Å². The molecule has 3 heteroatoms. The first-order valence-electron chi connectivity index (χ1n) is 8.63. The summed E-state index contributed by atoms with van der Waals surface area (Å²) in [4.78, 5) is 7.11. The number of anilines is 1. The van der Waals surface area contributed by atoms with Gasteiger partial charge in [-0.15, -0.1) is 0 Å². The Labute approximate surface area is 133 Å². The number of unbranched alkanes of at least 4 members (excludes halogenated alkanes) is 1. The van der Waals surface area contributed by atoms with Crippen LogP contribution in [0.5, 0.6) is 0 Å². The van der Waals surface area contributed by atoms with Gasteiger partial charge in [-0.1, -0.05) is 13.3 Å². The quantitative estimate of drug-likeness (QED) is 0.592. The van der Waals surface area contributed by atoms with E-state index in [1.54, 1.807) is 0 Å². The van der Waals surface area contributed by atoms with E-state index in [-0.39, 0.29) is 0 Å². The van der Waals surface area contributed by atoms with Gasteiger partial charge in [0.1, 0.15) is 0 Å². The van der Waals surface area contributed by atoms with E-state index < -0.39 is 0 Å². The summed E-state index contributed by atoms with van der Waals surface area (Å²) in [5, 5.41) is 1.32. The van der Waals surface area contributed by atoms with Gasteiger partial charge in [0, 0.05) is 61.2 Å². The molecule has 0 atom stereocenters. The molecule has 1 aromatic carbocycles. The second-order valence-corrected chi connectivity index (χ2v) is 6.33. The van der Waals surface area contributed by atoms with Crippen molar-refractivity contribution in [1.82, 2.24) is 4.57 Å². The third-order valence-corrected chi connectivity index (χ3v) is 4.60. The van der Waals surface area contributed by atoms with Crippen molar-refractivity contribution in [2.24, 2.45) is 12.0 Å². The minimum absolute atomic E-state index is 0.929. The van der Waals surface area contributed by atoms with Crippen LogP contribution >= 0.6 is 0 Å². The maximum atomic E-state index is 4.59. The van der Waals surface area contributed by atoms with Gasteiger partial charge >= 0.3 is 0 Å². The molecule has 0 bridgehead atoms. The van der Waals surface area contributed by atoms with Gasteiger partial charge in [-0.3, -0.25) is 4.99 Å². The van der Waals surface area contributed by atoms with Gasteiger partial charge in [-0.05, 0) is 43.9 Å². The summed E-state index contributed by atoms with van der Waals surface area (Å²) < 4.78 is 2.20. The molecule has 1 aliphatic heterocycles. The number of aromatic nitrogens is 1. The SMILES string of the molecule is CCCCN=Cc1cn(C)c2ccc(N3CCCCC3)cc12. The number of nitrogens with zero attached hydrogens (tertiary/aromatic N) is 3. The number of aliphatic imine (C=N–C) groups is 1. The summed E-state index contributed by atoms with van der Waals surface area (Å²) in [6.07, 6.45) is 10.6. The van der Waals surface area contributed by atoms with Crippen LogP contribution in [0.1, 0.15) is 44.6 Å². The number of fused-ring (bicyclic) bond motifs is 1. The van der Waals surface area contributed by atoms with Crippen LogP contribution in [0.15, 0.2) is 29.4 Å². The Hall–Kier alpha value is -1.77. The first-order valence-corrected chi connectivity index (χ1v) is 8.63. The lowest BCUT2D eigenvalue weighted by Crippen LogP contribution is -2.29. The van der Waals surface area contributed by atoms with Crippen molar-refractivity contribution in [1.29, 1.82) is 0 Å². The van der Waals surface area contributed by atoms with Crippen LogP contribution in [0.4, 0.5) is 5.69 Å². The molecule has 0 aliphatic carbocycles. The molecule has 1 saturated heterocycles. The van der Waals surface area contributed by atoms with E-state index >= 15 is 0 Å². The third-order valence-electron chi connectivity index (χ3n) is 4.60. The molecule has 2 aromatic rings. The molecule has 0 saturated carbocycles. The molecule has 0 unspecified atom stereocenters. The van der Waals surface area contributed by atoms with Gasteiger partial charge in [0.25, 0.3) is 0 Å². The van der Waals surface area contributed by atoms with Gasteiger partial charge in [0.15, 0.2) is 0 Å². The second kappa shape index (κ2) is 6.99. The summed E-state index contributed by atoms with van der Waals surface area (Å²) in [5.41, 5.74) is 3.90. The van der Waals surface area contributed by atoms with E-state index in [0.29, 0.717) is 0 Å². The number of benzene rings is 1. The van der Waals surface area contributed by atoms with Crippen LogP contribution < -0.4 is 4.90 Å². The Morgan fingerprint density at radius 3 is 2.77 bits per heavy atom. The van der Waals surface area contributed by atoms with Crippen LogP contribution in [0.25, 0.3) is 10.9 Å². The fourth-order valence-electron chi connectivity index (χ4n) is 3.27. The molecule has 0 spiro atoms. The fraction of sp³-hybridized carbons (Fsp3) is 0.526. The Bertz CT molecular complexity index is 648. The predicted molar refractivity (Wildman–Crippen MR) is 96.4 cm³/mol.